The molecule has 18 heavy (non-hydrogen) atoms. The van der Waals surface area contributed by atoms with E-state index in [1.54, 1.807) is 0 Å². The van der Waals surface area contributed by atoms with Crippen LogP contribution < -0.4 is 10.6 Å². The minimum absolute atomic E-state index is 0.476. The Morgan fingerprint density at radius 3 is 2.39 bits per heavy atom. The molecule has 0 saturated heterocycles. The standard InChI is InChI=1S/C12H22N2O4/c1-8-2-4-9(5-3-8)6-13-12(18)14-10(7-15)11(16)17/h8-10,15H,2-7H2,1H3,(H,16,17)(H2,13,14,18)/t8?,9?,10-/m1/s1. The van der Waals surface area contributed by atoms with E-state index in [0.29, 0.717) is 12.5 Å². The highest BCUT2D eigenvalue weighted by atomic mass is 16.4. The molecule has 0 aromatic rings. The van der Waals surface area contributed by atoms with Gasteiger partial charge in [0.15, 0.2) is 6.04 Å². The normalized spacial score (nSPS) is 25.2. The van der Waals surface area contributed by atoms with Gasteiger partial charge in [0.05, 0.1) is 6.61 Å². The Morgan fingerprint density at radius 1 is 1.28 bits per heavy atom. The molecule has 1 aliphatic carbocycles. The number of hydrogen-bond donors (Lipinski definition) is 4. The monoisotopic (exact) mass is 258 g/mol. The predicted octanol–water partition coefficient (Wildman–Crippen LogP) is 0.557. The molecule has 1 atom stereocenters. The van der Waals surface area contributed by atoms with Crippen LogP contribution in [0.1, 0.15) is 32.6 Å². The number of amides is 2. The molecule has 6 heteroatoms. The van der Waals surface area contributed by atoms with Gasteiger partial charge in [-0.1, -0.05) is 19.8 Å². The molecule has 1 fully saturated rings. The molecule has 0 unspecified atom stereocenters. The van der Waals surface area contributed by atoms with E-state index in [1.807, 2.05) is 0 Å². The Kier molecular flexibility index (Phi) is 5.91. The van der Waals surface area contributed by atoms with Gasteiger partial charge in [-0.2, -0.15) is 0 Å². The van der Waals surface area contributed by atoms with E-state index in [4.69, 9.17) is 10.2 Å². The van der Waals surface area contributed by atoms with Crippen molar-refractivity contribution in [2.24, 2.45) is 11.8 Å². The molecule has 0 radical (unpaired) electrons. The minimum atomic E-state index is -1.24. The fraction of sp³-hybridized carbons (Fsp3) is 0.833. The third-order valence-electron chi connectivity index (χ3n) is 3.47. The summed E-state index contributed by atoms with van der Waals surface area (Å²) in [5, 5.41) is 22.3. The lowest BCUT2D eigenvalue weighted by atomic mass is 9.83. The quantitative estimate of drug-likeness (QED) is 0.579. The molecule has 0 aromatic carbocycles. The molecule has 4 N–H and O–H groups in total. The number of rotatable bonds is 5. The highest BCUT2D eigenvalue weighted by Gasteiger charge is 2.21. The summed E-state index contributed by atoms with van der Waals surface area (Å²) in [5.41, 5.74) is 0. The van der Waals surface area contributed by atoms with Crippen molar-refractivity contribution in [2.75, 3.05) is 13.2 Å². The zero-order valence-electron chi connectivity index (χ0n) is 10.7. The number of carbonyl (C=O) groups is 2. The van der Waals surface area contributed by atoms with Crippen LogP contribution in [0.25, 0.3) is 0 Å². The SMILES string of the molecule is CC1CCC(CNC(=O)N[C@H](CO)C(=O)O)CC1. The van der Waals surface area contributed by atoms with Crippen molar-refractivity contribution in [3.8, 4) is 0 Å². The van der Waals surface area contributed by atoms with Crippen LogP contribution in [0.3, 0.4) is 0 Å². The first-order valence-corrected chi connectivity index (χ1v) is 6.41. The van der Waals surface area contributed by atoms with Crippen molar-refractivity contribution >= 4 is 12.0 Å². The first kappa shape index (κ1) is 14.8. The lowest BCUT2D eigenvalue weighted by Gasteiger charge is -2.26. The molecular weight excluding hydrogens is 236 g/mol. The highest BCUT2D eigenvalue weighted by Crippen LogP contribution is 2.27. The van der Waals surface area contributed by atoms with Crippen molar-refractivity contribution < 1.29 is 19.8 Å². The summed E-state index contributed by atoms with van der Waals surface area (Å²) in [6.45, 7) is 2.19. The molecule has 0 spiro atoms. The second-order valence-electron chi connectivity index (χ2n) is 5.05. The molecule has 1 rings (SSSR count). The van der Waals surface area contributed by atoms with E-state index in [-0.39, 0.29) is 0 Å². The summed E-state index contributed by atoms with van der Waals surface area (Å²) >= 11 is 0. The molecule has 0 aromatic heterocycles. The average Bonchev–Trinajstić information content (AvgIpc) is 2.35. The average molecular weight is 258 g/mol. The van der Waals surface area contributed by atoms with Crippen LogP contribution in [0.2, 0.25) is 0 Å². The van der Waals surface area contributed by atoms with Gasteiger partial charge in [0.1, 0.15) is 0 Å². The Hall–Kier alpha value is -1.30. The molecule has 2 amide bonds. The zero-order valence-corrected chi connectivity index (χ0v) is 10.7. The maximum absolute atomic E-state index is 11.4. The van der Waals surface area contributed by atoms with Gasteiger partial charge in [-0.15, -0.1) is 0 Å². The number of aliphatic hydroxyl groups is 1. The maximum atomic E-state index is 11.4. The molecule has 1 saturated carbocycles. The molecule has 104 valence electrons. The van der Waals surface area contributed by atoms with E-state index in [9.17, 15) is 9.59 Å². The van der Waals surface area contributed by atoms with Crippen molar-refractivity contribution in [2.45, 2.75) is 38.6 Å². The number of urea groups is 1. The number of carboxylic acids is 1. The van der Waals surface area contributed by atoms with Crippen molar-refractivity contribution in [1.82, 2.24) is 10.6 Å². The van der Waals surface area contributed by atoms with Gasteiger partial charge in [0, 0.05) is 6.54 Å². The first-order chi connectivity index (χ1) is 8.52. The van der Waals surface area contributed by atoms with Gasteiger partial charge < -0.3 is 20.8 Å². The maximum Gasteiger partial charge on any atom is 0.328 e. The topological polar surface area (TPSA) is 98.7 Å². The van der Waals surface area contributed by atoms with Crippen LogP contribution in [-0.4, -0.2) is 41.4 Å². The van der Waals surface area contributed by atoms with Crippen LogP contribution >= 0.6 is 0 Å². The summed E-state index contributed by atoms with van der Waals surface area (Å²) in [7, 11) is 0. The zero-order chi connectivity index (χ0) is 13.5. The lowest BCUT2D eigenvalue weighted by Crippen LogP contribution is -2.48. The number of hydrogen-bond acceptors (Lipinski definition) is 3. The summed E-state index contributed by atoms with van der Waals surface area (Å²) < 4.78 is 0. The number of carbonyl (C=O) groups excluding carboxylic acids is 1. The Bertz CT molecular complexity index is 288. The van der Waals surface area contributed by atoms with Crippen LogP contribution in [0.5, 0.6) is 0 Å². The van der Waals surface area contributed by atoms with E-state index in [1.165, 1.54) is 12.8 Å². The molecule has 0 heterocycles. The van der Waals surface area contributed by atoms with E-state index in [2.05, 4.69) is 17.6 Å². The number of nitrogens with one attached hydrogen (secondary N) is 2. The highest BCUT2D eigenvalue weighted by molar-refractivity contribution is 5.82. The smallest absolute Gasteiger partial charge is 0.328 e. The molecule has 0 aliphatic heterocycles. The molecular formula is C12H22N2O4. The number of aliphatic hydroxyl groups excluding tert-OH is 1. The summed E-state index contributed by atoms with van der Waals surface area (Å²) in [5.74, 6) is 0.00403. The third kappa shape index (κ3) is 4.91. The summed E-state index contributed by atoms with van der Waals surface area (Å²) in [6.07, 6.45) is 4.57. The van der Waals surface area contributed by atoms with E-state index >= 15 is 0 Å². The molecule has 0 bridgehead atoms. The van der Waals surface area contributed by atoms with Gasteiger partial charge in [-0.3, -0.25) is 0 Å². The predicted molar refractivity (Wildman–Crippen MR) is 66.2 cm³/mol. The third-order valence-corrected chi connectivity index (χ3v) is 3.47. The van der Waals surface area contributed by atoms with Crippen molar-refractivity contribution in [3.63, 3.8) is 0 Å². The van der Waals surface area contributed by atoms with Crippen LogP contribution in [-0.2, 0) is 4.79 Å². The minimum Gasteiger partial charge on any atom is -0.480 e. The Morgan fingerprint density at radius 2 is 1.89 bits per heavy atom. The number of carboxylic acid groups (broad SMARTS) is 1. The van der Waals surface area contributed by atoms with Gasteiger partial charge in [-0.25, -0.2) is 9.59 Å². The van der Waals surface area contributed by atoms with Gasteiger partial charge >= 0.3 is 12.0 Å². The summed E-state index contributed by atoms with van der Waals surface area (Å²) in [4.78, 5) is 22.0. The second-order valence-corrected chi connectivity index (χ2v) is 5.05. The Balaban J connectivity index is 2.22. The van der Waals surface area contributed by atoms with Gasteiger partial charge in [-0.05, 0) is 24.7 Å². The second kappa shape index (κ2) is 7.20. The fourth-order valence-electron chi connectivity index (χ4n) is 2.17. The molecule has 6 nitrogen and oxygen atoms in total. The fourth-order valence-corrected chi connectivity index (χ4v) is 2.17. The Labute approximate surface area is 107 Å². The van der Waals surface area contributed by atoms with E-state index < -0.39 is 24.6 Å². The van der Waals surface area contributed by atoms with Crippen LogP contribution in [0.4, 0.5) is 4.79 Å². The first-order valence-electron chi connectivity index (χ1n) is 6.41. The number of aliphatic carboxylic acids is 1. The largest absolute Gasteiger partial charge is 0.480 e. The molecule has 1 aliphatic rings. The lowest BCUT2D eigenvalue weighted by molar-refractivity contribution is -0.140. The van der Waals surface area contributed by atoms with Crippen molar-refractivity contribution in [3.05, 3.63) is 0 Å². The van der Waals surface area contributed by atoms with Crippen LogP contribution in [0, 0.1) is 11.8 Å². The summed E-state index contributed by atoms with van der Waals surface area (Å²) in [6, 6.07) is -1.77. The van der Waals surface area contributed by atoms with Gasteiger partial charge in [0.2, 0.25) is 0 Å². The van der Waals surface area contributed by atoms with Crippen molar-refractivity contribution in [1.29, 1.82) is 0 Å². The van der Waals surface area contributed by atoms with Crippen LogP contribution in [0.15, 0.2) is 0 Å². The van der Waals surface area contributed by atoms with Gasteiger partial charge in [0.25, 0.3) is 0 Å². The van der Waals surface area contributed by atoms with E-state index in [0.717, 1.165) is 18.8 Å².